The van der Waals surface area contributed by atoms with Gasteiger partial charge in [0, 0.05) is 31.2 Å². The number of rotatable bonds is 3. The maximum atomic E-state index is 12.5. The Morgan fingerprint density at radius 2 is 1.59 bits per heavy atom. The minimum Gasteiger partial charge on any atom is -0.378 e. The minimum absolute atomic E-state index is 0.131. The molecule has 0 saturated carbocycles. The van der Waals surface area contributed by atoms with E-state index in [4.69, 9.17) is 14.7 Å². The van der Waals surface area contributed by atoms with Gasteiger partial charge in [-0.1, -0.05) is 0 Å². The van der Waals surface area contributed by atoms with Crippen molar-refractivity contribution in [2.24, 2.45) is 0 Å². The average molecular weight is 388 g/mol. The predicted octanol–water partition coefficient (Wildman–Crippen LogP) is 3.48. The maximum Gasteiger partial charge on any atom is 0.322 e. The van der Waals surface area contributed by atoms with Gasteiger partial charge in [-0.3, -0.25) is 0 Å². The molecule has 0 radical (unpaired) electrons. The highest BCUT2D eigenvalue weighted by Crippen LogP contribution is 2.30. The van der Waals surface area contributed by atoms with Crippen molar-refractivity contribution in [2.75, 3.05) is 31.6 Å². The van der Waals surface area contributed by atoms with Crippen molar-refractivity contribution in [1.29, 1.82) is 0 Å². The zero-order valence-corrected chi connectivity index (χ0v) is 15.7. The first-order valence-corrected chi connectivity index (χ1v) is 9.51. The number of carbonyl (C=O) groups excluding carboxylic acids is 1. The molecule has 146 valence electrons. The van der Waals surface area contributed by atoms with Crippen molar-refractivity contribution in [2.45, 2.75) is 0 Å². The van der Waals surface area contributed by atoms with Crippen LogP contribution in [0.1, 0.15) is 0 Å². The van der Waals surface area contributed by atoms with Crippen molar-refractivity contribution in [1.82, 2.24) is 24.8 Å². The van der Waals surface area contributed by atoms with Crippen molar-refractivity contribution in [3.8, 4) is 22.8 Å². The summed E-state index contributed by atoms with van der Waals surface area (Å²) in [6.07, 6.45) is 3.72. The summed E-state index contributed by atoms with van der Waals surface area (Å²) in [5, 5.41) is 2.95. The summed E-state index contributed by atoms with van der Waals surface area (Å²) in [5.41, 5.74) is 5.46. The number of benzene rings is 1. The second-order valence-electron chi connectivity index (χ2n) is 6.82. The number of urea groups is 1. The van der Waals surface area contributed by atoms with E-state index in [1.54, 1.807) is 4.90 Å². The van der Waals surface area contributed by atoms with E-state index >= 15 is 0 Å². The number of hydrogen-bond donors (Lipinski definition) is 3. The van der Waals surface area contributed by atoms with E-state index in [1.807, 2.05) is 54.9 Å². The van der Waals surface area contributed by atoms with Crippen LogP contribution in [0.5, 0.6) is 0 Å². The average Bonchev–Trinajstić information content (AvgIpc) is 3.47. The Bertz CT molecular complexity index is 1130. The van der Waals surface area contributed by atoms with Crippen LogP contribution in [0.15, 0.2) is 54.9 Å². The van der Waals surface area contributed by atoms with E-state index in [0.29, 0.717) is 37.5 Å². The number of anilines is 1. The number of hydrogen-bond acceptors (Lipinski definition) is 4. The number of fused-ring (bicyclic) bond motifs is 1. The molecule has 8 heteroatoms. The summed E-state index contributed by atoms with van der Waals surface area (Å²) in [5.74, 6) is 0. The Hall–Kier alpha value is -3.65. The van der Waals surface area contributed by atoms with E-state index in [0.717, 1.165) is 28.3 Å². The highest BCUT2D eigenvalue weighted by Gasteiger charge is 2.18. The third-order valence-electron chi connectivity index (χ3n) is 4.92. The molecule has 1 aliphatic rings. The fourth-order valence-corrected chi connectivity index (χ4v) is 3.43. The van der Waals surface area contributed by atoms with Gasteiger partial charge in [-0.25, -0.2) is 14.8 Å². The molecule has 8 nitrogen and oxygen atoms in total. The van der Waals surface area contributed by atoms with Gasteiger partial charge in [-0.2, -0.15) is 0 Å². The van der Waals surface area contributed by atoms with E-state index in [1.165, 1.54) is 0 Å². The van der Waals surface area contributed by atoms with Gasteiger partial charge in [-0.15, -0.1) is 0 Å². The van der Waals surface area contributed by atoms with Crippen LogP contribution in [0, 0.1) is 0 Å². The Labute approximate surface area is 166 Å². The van der Waals surface area contributed by atoms with Crippen molar-refractivity contribution >= 4 is 22.8 Å². The van der Waals surface area contributed by atoms with Crippen LogP contribution in [-0.2, 0) is 4.74 Å². The van der Waals surface area contributed by atoms with E-state index in [9.17, 15) is 4.79 Å². The zero-order chi connectivity index (χ0) is 19.6. The van der Waals surface area contributed by atoms with Crippen molar-refractivity contribution < 1.29 is 9.53 Å². The number of nitrogens with zero attached hydrogens (tertiary/aromatic N) is 3. The molecule has 2 amide bonds. The normalized spacial score (nSPS) is 14.3. The summed E-state index contributed by atoms with van der Waals surface area (Å²) >= 11 is 0. The van der Waals surface area contributed by atoms with Gasteiger partial charge in [-0.05, 0) is 42.5 Å². The molecule has 1 aromatic carbocycles. The molecule has 4 heterocycles. The number of ether oxygens (including phenoxy) is 1. The maximum absolute atomic E-state index is 12.5. The van der Waals surface area contributed by atoms with E-state index in [-0.39, 0.29) is 6.03 Å². The van der Waals surface area contributed by atoms with Crippen molar-refractivity contribution in [3.05, 3.63) is 54.9 Å². The summed E-state index contributed by atoms with van der Waals surface area (Å²) < 4.78 is 5.30. The molecule has 0 aliphatic carbocycles. The molecule has 0 atom stereocenters. The lowest BCUT2D eigenvalue weighted by Crippen LogP contribution is -2.43. The van der Waals surface area contributed by atoms with Gasteiger partial charge in [0.25, 0.3) is 0 Å². The first-order chi connectivity index (χ1) is 14.3. The number of morpholine rings is 1. The SMILES string of the molecule is O=C(Nc1ccc2nc(-c3ccc[nH]3)c(-c3ccc[nH]3)nc2c1)N1CCOCC1. The van der Waals surface area contributed by atoms with Crippen LogP contribution in [0.4, 0.5) is 10.5 Å². The summed E-state index contributed by atoms with van der Waals surface area (Å²) in [6.45, 7) is 2.32. The lowest BCUT2D eigenvalue weighted by Gasteiger charge is -2.26. The molecule has 1 fully saturated rings. The summed E-state index contributed by atoms with van der Waals surface area (Å²) in [7, 11) is 0. The van der Waals surface area contributed by atoms with Gasteiger partial charge >= 0.3 is 6.03 Å². The highest BCUT2D eigenvalue weighted by molar-refractivity contribution is 5.93. The standard InChI is InChI=1S/C21H20N6O2/c28-21(27-9-11-29-12-10-27)24-14-5-6-15-18(13-14)26-20(17-4-2-8-23-17)19(25-15)16-3-1-7-22-16/h1-8,13,22-23H,9-12H2,(H,24,28). The Morgan fingerprint density at radius 1 is 0.931 bits per heavy atom. The first kappa shape index (κ1) is 17.4. The molecular weight excluding hydrogens is 368 g/mol. The summed E-state index contributed by atoms with van der Waals surface area (Å²) in [4.78, 5) is 30.3. The monoisotopic (exact) mass is 388 g/mol. The molecular formula is C21H20N6O2. The molecule has 4 aromatic rings. The second-order valence-corrected chi connectivity index (χ2v) is 6.82. The largest absolute Gasteiger partial charge is 0.378 e. The molecule has 29 heavy (non-hydrogen) atoms. The number of amides is 2. The Morgan fingerprint density at radius 3 is 2.21 bits per heavy atom. The smallest absolute Gasteiger partial charge is 0.322 e. The minimum atomic E-state index is -0.131. The third kappa shape index (κ3) is 3.45. The number of carbonyl (C=O) groups is 1. The lowest BCUT2D eigenvalue weighted by molar-refractivity contribution is 0.0564. The Balaban J connectivity index is 1.52. The van der Waals surface area contributed by atoms with Crippen LogP contribution in [0.3, 0.4) is 0 Å². The van der Waals surface area contributed by atoms with Gasteiger partial charge in [0.05, 0.1) is 35.6 Å². The van der Waals surface area contributed by atoms with Crippen LogP contribution < -0.4 is 5.32 Å². The molecule has 1 aliphatic heterocycles. The number of nitrogens with one attached hydrogen (secondary N) is 3. The van der Waals surface area contributed by atoms with Gasteiger partial charge in [0.1, 0.15) is 11.4 Å². The third-order valence-corrected chi connectivity index (χ3v) is 4.92. The van der Waals surface area contributed by atoms with Gasteiger partial charge < -0.3 is 24.9 Å². The van der Waals surface area contributed by atoms with Crippen LogP contribution in [0.2, 0.25) is 0 Å². The van der Waals surface area contributed by atoms with Crippen LogP contribution in [0.25, 0.3) is 33.8 Å². The first-order valence-electron chi connectivity index (χ1n) is 9.51. The topological polar surface area (TPSA) is 98.9 Å². The number of H-pyrrole nitrogens is 2. The van der Waals surface area contributed by atoms with Crippen LogP contribution in [-0.4, -0.2) is 57.2 Å². The van der Waals surface area contributed by atoms with E-state index in [2.05, 4.69) is 15.3 Å². The van der Waals surface area contributed by atoms with Crippen molar-refractivity contribution in [3.63, 3.8) is 0 Å². The fourth-order valence-electron chi connectivity index (χ4n) is 3.43. The lowest BCUT2D eigenvalue weighted by atomic mass is 10.1. The van der Waals surface area contributed by atoms with E-state index < -0.39 is 0 Å². The molecule has 3 N–H and O–H groups in total. The Kier molecular flexibility index (Phi) is 4.45. The molecule has 0 spiro atoms. The van der Waals surface area contributed by atoms with Gasteiger partial charge in [0.15, 0.2) is 0 Å². The predicted molar refractivity (Wildman–Crippen MR) is 111 cm³/mol. The number of aromatic nitrogens is 4. The number of aromatic amines is 2. The molecule has 5 rings (SSSR count). The fraction of sp³-hybridized carbons (Fsp3) is 0.190. The second kappa shape index (κ2) is 7.40. The van der Waals surface area contributed by atoms with Gasteiger partial charge in [0.2, 0.25) is 0 Å². The quantitative estimate of drug-likeness (QED) is 0.500. The summed E-state index contributed by atoms with van der Waals surface area (Å²) in [6, 6.07) is 13.2. The molecule has 0 bridgehead atoms. The molecule has 1 saturated heterocycles. The molecule has 0 unspecified atom stereocenters. The zero-order valence-electron chi connectivity index (χ0n) is 15.7. The highest BCUT2D eigenvalue weighted by atomic mass is 16.5. The van der Waals surface area contributed by atoms with Crippen LogP contribution >= 0.6 is 0 Å². The molecule has 3 aromatic heterocycles.